The molecule has 4 amide bonds. The van der Waals surface area contributed by atoms with Crippen LogP contribution in [0.2, 0.25) is 0 Å². The van der Waals surface area contributed by atoms with Gasteiger partial charge in [0, 0.05) is 49.4 Å². The number of ketones is 1. The second-order valence-corrected chi connectivity index (χ2v) is 13.9. The molecule has 7 rings (SSSR count). The van der Waals surface area contributed by atoms with Gasteiger partial charge in [0.05, 0.1) is 11.6 Å². The molecule has 0 radical (unpaired) electrons. The molecule has 12 heteroatoms. The first-order valence-electron chi connectivity index (χ1n) is 16.5. The number of carbonyl (C=O) groups excluding carboxylic acids is 5. The van der Waals surface area contributed by atoms with Crippen LogP contribution in [0.4, 0.5) is 5.69 Å². The molecule has 2 aromatic carbocycles. The minimum atomic E-state index is -2.11. The summed E-state index contributed by atoms with van der Waals surface area (Å²) in [7, 11) is 1.88. The third kappa shape index (κ3) is 4.79. The maximum Gasteiger partial charge on any atom is 0.281 e. The summed E-state index contributed by atoms with van der Waals surface area (Å²) in [6.07, 6.45) is 2.53. The van der Waals surface area contributed by atoms with Crippen molar-refractivity contribution in [3.8, 4) is 0 Å². The van der Waals surface area contributed by atoms with Crippen LogP contribution in [0.25, 0.3) is 0 Å². The van der Waals surface area contributed by atoms with Gasteiger partial charge in [-0.3, -0.25) is 33.6 Å². The Morgan fingerprint density at radius 3 is 2.62 bits per heavy atom. The van der Waals surface area contributed by atoms with Gasteiger partial charge in [0.25, 0.3) is 11.8 Å². The summed E-state index contributed by atoms with van der Waals surface area (Å²) < 4.78 is 6.46. The summed E-state index contributed by atoms with van der Waals surface area (Å²) in [5.41, 5.74) is 0.629. The van der Waals surface area contributed by atoms with Gasteiger partial charge in [0.2, 0.25) is 23.9 Å². The Balaban J connectivity index is 1.20. The number of nitrogens with one attached hydrogen (secondary N) is 2. The zero-order chi connectivity index (χ0) is 33.2. The number of hydrogen-bond acceptors (Lipinski definition) is 8. The Bertz CT molecular complexity index is 1630. The van der Waals surface area contributed by atoms with E-state index in [4.69, 9.17) is 4.74 Å². The normalized spacial score (nSPS) is 33.3. The van der Waals surface area contributed by atoms with Gasteiger partial charge in [0.15, 0.2) is 5.78 Å². The summed E-state index contributed by atoms with van der Waals surface area (Å²) in [5.74, 6) is -4.79. The molecule has 4 heterocycles. The first-order valence-corrected chi connectivity index (χ1v) is 16.5. The number of rotatable bonds is 7. The fourth-order valence-corrected chi connectivity index (χ4v) is 8.68. The molecule has 0 spiro atoms. The second kappa shape index (κ2) is 11.5. The Morgan fingerprint density at radius 2 is 1.89 bits per heavy atom. The van der Waals surface area contributed by atoms with E-state index in [0.29, 0.717) is 50.0 Å². The number of fused-ring (bicyclic) bond motifs is 6. The number of piperazine rings is 1. The van der Waals surface area contributed by atoms with Crippen molar-refractivity contribution < 1.29 is 33.8 Å². The van der Waals surface area contributed by atoms with Crippen molar-refractivity contribution in [3.63, 3.8) is 0 Å². The highest BCUT2D eigenvalue weighted by Gasteiger charge is 2.72. The number of piperidine rings is 1. The van der Waals surface area contributed by atoms with Crippen LogP contribution in [0.1, 0.15) is 66.9 Å². The van der Waals surface area contributed by atoms with Gasteiger partial charge in [-0.25, -0.2) is 0 Å². The number of anilines is 1. The molecular formula is C35H41N5O7. The number of Topliss-reactive ketones (excluding diaryl/α,β-unsaturated/α-hetero) is 1. The topological polar surface area (TPSA) is 149 Å². The molecule has 7 atom stereocenters. The average Bonchev–Trinajstić information content (AvgIpc) is 3.64. The average molecular weight is 644 g/mol. The van der Waals surface area contributed by atoms with Crippen LogP contribution in [0.5, 0.6) is 0 Å². The highest BCUT2D eigenvalue weighted by Crippen LogP contribution is 2.49. The molecule has 0 unspecified atom stereocenters. The largest absolute Gasteiger partial charge is 0.347 e. The predicted octanol–water partition coefficient (Wildman–Crippen LogP) is 1.83. The number of ether oxygens (including phenoxy) is 1. The van der Waals surface area contributed by atoms with Crippen LogP contribution < -0.4 is 10.6 Å². The van der Waals surface area contributed by atoms with Crippen LogP contribution in [-0.2, 0) is 30.3 Å². The molecule has 12 nitrogen and oxygen atoms in total. The lowest BCUT2D eigenvalue weighted by molar-refractivity contribution is -0.321. The fourth-order valence-electron chi connectivity index (χ4n) is 8.68. The number of hydrogen-bond donors (Lipinski definition) is 3. The van der Waals surface area contributed by atoms with Gasteiger partial charge in [-0.15, -0.1) is 0 Å². The van der Waals surface area contributed by atoms with E-state index < -0.39 is 47.4 Å². The van der Waals surface area contributed by atoms with E-state index in [-0.39, 0.29) is 36.5 Å². The lowest BCUT2D eigenvalue weighted by Gasteiger charge is -2.48. The highest BCUT2D eigenvalue weighted by atomic mass is 16.7. The molecular weight excluding hydrogens is 602 g/mol. The van der Waals surface area contributed by atoms with Crippen LogP contribution in [0.15, 0.2) is 48.5 Å². The van der Waals surface area contributed by atoms with Crippen molar-refractivity contribution in [3.05, 3.63) is 65.2 Å². The van der Waals surface area contributed by atoms with Gasteiger partial charge in [0.1, 0.15) is 12.1 Å². The summed E-state index contributed by atoms with van der Waals surface area (Å²) in [6, 6.07) is 12.8. The maximum absolute atomic E-state index is 14.6. The first-order chi connectivity index (χ1) is 22.5. The molecule has 0 aromatic heterocycles. The number of carbonyl (C=O) groups is 5. The van der Waals surface area contributed by atoms with E-state index in [1.165, 1.54) is 4.90 Å². The van der Waals surface area contributed by atoms with Crippen molar-refractivity contribution in [2.45, 2.75) is 81.6 Å². The van der Waals surface area contributed by atoms with Crippen molar-refractivity contribution in [2.24, 2.45) is 11.8 Å². The van der Waals surface area contributed by atoms with Gasteiger partial charge >= 0.3 is 0 Å². The van der Waals surface area contributed by atoms with Gasteiger partial charge in [-0.05, 0) is 43.5 Å². The Kier molecular flexibility index (Phi) is 7.72. The highest BCUT2D eigenvalue weighted by molar-refractivity contribution is 6.06. The minimum Gasteiger partial charge on any atom is -0.347 e. The first kappa shape index (κ1) is 31.5. The summed E-state index contributed by atoms with van der Waals surface area (Å²) >= 11 is 0. The molecule has 3 N–H and O–H groups in total. The van der Waals surface area contributed by atoms with Gasteiger partial charge < -0.3 is 25.5 Å². The van der Waals surface area contributed by atoms with E-state index in [2.05, 4.69) is 10.6 Å². The number of aliphatic hydroxyl groups is 1. The molecule has 1 aliphatic carbocycles. The molecule has 4 aliphatic heterocycles. The van der Waals surface area contributed by atoms with E-state index in [1.807, 2.05) is 48.3 Å². The Hall–Kier alpha value is -4.13. The third-order valence-corrected chi connectivity index (χ3v) is 11.0. The Morgan fingerprint density at radius 1 is 1.13 bits per heavy atom. The minimum absolute atomic E-state index is 0.0601. The van der Waals surface area contributed by atoms with Gasteiger partial charge in [-0.2, -0.15) is 0 Å². The molecule has 0 bridgehead atoms. The molecule has 47 heavy (non-hydrogen) atoms. The zero-order valence-corrected chi connectivity index (χ0v) is 26.8. The number of likely N-dealkylation sites (tertiary alicyclic amines) is 1. The molecule has 4 fully saturated rings. The van der Waals surface area contributed by atoms with E-state index >= 15 is 0 Å². The monoisotopic (exact) mass is 643 g/mol. The number of benzene rings is 2. The lowest BCUT2D eigenvalue weighted by Crippen LogP contribution is -2.71. The molecule has 0 saturated carbocycles. The van der Waals surface area contributed by atoms with E-state index in [9.17, 15) is 29.1 Å². The van der Waals surface area contributed by atoms with Crippen molar-refractivity contribution >= 4 is 35.6 Å². The summed E-state index contributed by atoms with van der Waals surface area (Å²) in [5, 5.41) is 17.9. The number of nitrogens with zero attached hydrogens (tertiary/aromatic N) is 3. The van der Waals surface area contributed by atoms with Crippen LogP contribution in [0, 0.1) is 11.8 Å². The maximum atomic E-state index is 14.6. The summed E-state index contributed by atoms with van der Waals surface area (Å²) in [4.78, 5) is 72.1. The molecule has 5 aliphatic rings. The molecule has 2 aromatic rings. The van der Waals surface area contributed by atoms with Crippen LogP contribution in [-0.4, -0.2) is 99.6 Å². The van der Waals surface area contributed by atoms with Crippen LogP contribution >= 0.6 is 0 Å². The zero-order valence-electron chi connectivity index (χ0n) is 26.8. The Labute approximate surface area is 273 Å². The number of likely N-dealkylation sites (N-methyl/N-ethyl adjacent to an activating group) is 1. The predicted molar refractivity (Wildman–Crippen MR) is 170 cm³/mol. The third-order valence-electron chi connectivity index (χ3n) is 11.0. The van der Waals surface area contributed by atoms with E-state index in [1.54, 1.807) is 30.9 Å². The number of amides is 4. The molecule has 4 saturated heterocycles. The van der Waals surface area contributed by atoms with Crippen LogP contribution in [0.3, 0.4) is 0 Å². The lowest BCUT2D eigenvalue weighted by atomic mass is 9.70. The quantitative estimate of drug-likeness (QED) is 0.387. The smallest absolute Gasteiger partial charge is 0.281 e. The second-order valence-electron chi connectivity index (χ2n) is 13.9. The SMILES string of the molecule is CC(C)[C@@]1(NC(=O)[C@@H]2C[C@@H]3c4cccc(NC=O)c4C(=O)C[C@H]3N(C)C2)O[C@@]2(O)[C@@H]3CCCN3C(=O)[C@H](Cc3ccccc3)N2C1=O. The van der Waals surface area contributed by atoms with Crippen molar-refractivity contribution in [1.82, 2.24) is 20.0 Å². The fraction of sp³-hybridized carbons (Fsp3) is 0.514. The standard InChI is InChI=1S/C35H41N5O7/c1-20(2)34(33(45)40-27(15-21-9-5-4-6-10-21)32(44)39-14-8-13-29(39)35(40,46)47-34)37-31(43)22-16-24-23-11-7-12-25(36-19-41)30(23)28(42)17-26(24)38(3)18-22/h4-7,9-12,19-20,22,24,26-27,29,46H,8,13-18H2,1-3H3,(H,36,41)(H,37,43)/t22-,24-,26-,27+,29+,34-,35+/m1/s1. The molecule has 248 valence electrons. The van der Waals surface area contributed by atoms with Gasteiger partial charge in [-0.1, -0.05) is 56.3 Å². The van der Waals surface area contributed by atoms with Crippen molar-refractivity contribution in [1.29, 1.82) is 0 Å². The van der Waals surface area contributed by atoms with E-state index in [0.717, 1.165) is 11.1 Å². The van der Waals surface area contributed by atoms with Crippen molar-refractivity contribution in [2.75, 3.05) is 25.5 Å². The summed E-state index contributed by atoms with van der Waals surface area (Å²) in [6.45, 7) is 4.32.